The number of nitrogens with one attached hydrogen (secondary N) is 1. The van der Waals surface area contributed by atoms with Crippen molar-refractivity contribution in [2.45, 2.75) is 24.5 Å². The van der Waals surface area contributed by atoms with E-state index in [0.29, 0.717) is 0 Å². The molecule has 0 saturated heterocycles. The van der Waals surface area contributed by atoms with Crippen LogP contribution >= 0.6 is 0 Å². The fourth-order valence-electron chi connectivity index (χ4n) is 0.873. The Balaban J connectivity index is 2.77. The van der Waals surface area contributed by atoms with E-state index in [-0.39, 0.29) is 11.6 Å². The molecule has 86 valence electrons. The van der Waals surface area contributed by atoms with Crippen LogP contribution in [0.2, 0.25) is 0 Å². The second-order valence-electron chi connectivity index (χ2n) is 4.01. The molecule has 1 heterocycles. The summed E-state index contributed by atoms with van der Waals surface area (Å²) in [5.74, 6) is 0. The molecular weight excluding hydrogens is 218 g/mol. The molecule has 0 fully saturated rings. The Morgan fingerprint density at radius 1 is 1.60 bits per heavy atom. The summed E-state index contributed by atoms with van der Waals surface area (Å²) in [7, 11) is -1.93. The first kappa shape index (κ1) is 12.2. The second-order valence-corrected chi connectivity index (χ2v) is 5.73. The Morgan fingerprint density at radius 3 is 2.60 bits per heavy atom. The van der Waals surface area contributed by atoms with Gasteiger partial charge in [-0.25, -0.2) is 18.1 Å². The zero-order valence-corrected chi connectivity index (χ0v) is 9.74. The molecule has 0 radical (unpaired) electrons. The van der Waals surface area contributed by atoms with Gasteiger partial charge < -0.3 is 9.67 Å². The van der Waals surface area contributed by atoms with Crippen LogP contribution in [0.3, 0.4) is 0 Å². The minimum absolute atomic E-state index is 0.0470. The van der Waals surface area contributed by atoms with Gasteiger partial charge in [0.2, 0.25) is 0 Å². The highest BCUT2D eigenvalue weighted by Crippen LogP contribution is 2.06. The van der Waals surface area contributed by atoms with Crippen molar-refractivity contribution in [1.82, 2.24) is 14.3 Å². The Labute approximate surface area is 89.0 Å². The van der Waals surface area contributed by atoms with Gasteiger partial charge >= 0.3 is 0 Å². The molecule has 0 amide bonds. The third-order valence-electron chi connectivity index (χ3n) is 1.65. The summed E-state index contributed by atoms with van der Waals surface area (Å²) in [6, 6.07) is 0. The van der Waals surface area contributed by atoms with Crippen molar-refractivity contribution in [2.24, 2.45) is 7.05 Å². The standard InChI is InChI=1S/C8H15N3O3S/c1-8(2,12)5-10-15(13,14)7-4-11(3)6-9-7/h4,6,10,12H,5H2,1-3H3. The van der Waals surface area contributed by atoms with E-state index < -0.39 is 15.6 Å². The molecule has 15 heavy (non-hydrogen) atoms. The van der Waals surface area contributed by atoms with E-state index in [1.54, 1.807) is 11.6 Å². The quantitative estimate of drug-likeness (QED) is 0.732. The monoisotopic (exact) mass is 233 g/mol. The van der Waals surface area contributed by atoms with Crippen LogP contribution in [0.25, 0.3) is 0 Å². The van der Waals surface area contributed by atoms with Gasteiger partial charge in [0.15, 0.2) is 5.03 Å². The van der Waals surface area contributed by atoms with E-state index in [2.05, 4.69) is 9.71 Å². The van der Waals surface area contributed by atoms with Gasteiger partial charge in [-0.3, -0.25) is 0 Å². The van der Waals surface area contributed by atoms with E-state index in [1.165, 1.54) is 26.4 Å². The highest BCUT2D eigenvalue weighted by Gasteiger charge is 2.21. The van der Waals surface area contributed by atoms with Crippen molar-refractivity contribution in [2.75, 3.05) is 6.54 Å². The lowest BCUT2D eigenvalue weighted by atomic mass is 10.1. The number of rotatable bonds is 4. The van der Waals surface area contributed by atoms with E-state index in [9.17, 15) is 13.5 Å². The second kappa shape index (κ2) is 3.92. The summed E-state index contributed by atoms with van der Waals surface area (Å²) in [5, 5.41) is 9.33. The Kier molecular flexibility index (Phi) is 3.17. The summed E-state index contributed by atoms with van der Waals surface area (Å²) in [6.45, 7) is 2.99. The molecule has 7 heteroatoms. The van der Waals surface area contributed by atoms with Gasteiger partial charge in [-0.2, -0.15) is 0 Å². The fourth-order valence-corrected chi connectivity index (χ4v) is 2.06. The van der Waals surface area contributed by atoms with Crippen LogP contribution in [0, 0.1) is 0 Å². The molecule has 0 bridgehead atoms. The predicted molar refractivity (Wildman–Crippen MR) is 54.7 cm³/mol. The van der Waals surface area contributed by atoms with Crippen LogP contribution in [0.15, 0.2) is 17.6 Å². The minimum Gasteiger partial charge on any atom is -0.389 e. The Morgan fingerprint density at radius 2 is 2.20 bits per heavy atom. The molecule has 0 aliphatic rings. The first-order valence-electron chi connectivity index (χ1n) is 4.41. The van der Waals surface area contributed by atoms with Crippen molar-refractivity contribution >= 4 is 10.0 Å². The molecule has 0 spiro atoms. The molecule has 1 aromatic rings. The number of imidazole rings is 1. The molecule has 2 N–H and O–H groups in total. The number of aromatic nitrogens is 2. The highest BCUT2D eigenvalue weighted by molar-refractivity contribution is 7.89. The van der Waals surface area contributed by atoms with Gasteiger partial charge in [0.25, 0.3) is 10.0 Å². The van der Waals surface area contributed by atoms with Crippen molar-refractivity contribution in [3.05, 3.63) is 12.5 Å². The van der Waals surface area contributed by atoms with Crippen LogP contribution < -0.4 is 4.72 Å². The van der Waals surface area contributed by atoms with Crippen molar-refractivity contribution in [1.29, 1.82) is 0 Å². The fraction of sp³-hybridized carbons (Fsp3) is 0.625. The van der Waals surface area contributed by atoms with Crippen molar-refractivity contribution in [3.63, 3.8) is 0 Å². The molecule has 0 aliphatic carbocycles. The van der Waals surface area contributed by atoms with Gasteiger partial charge in [0.05, 0.1) is 11.9 Å². The Bertz CT molecular complexity index is 430. The number of sulfonamides is 1. The van der Waals surface area contributed by atoms with Crippen LogP contribution in [-0.4, -0.2) is 35.2 Å². The maximum atomic E-state index is 11.6. The van der Waals surface area contributed by atoms with Gasteiger partial charge in [0, 0.05) is 19.8 Å². The van der Waals surface area contributed by atoms with Gasteiger partial charge in [-0.15, -0.1) is 0 Å². The first-order chi connectivity index (χ1) is 6.71. The molecule has 6 nitrogen and oxygen atoms in total. The van der Waals surface area contributed by atoms with Crippen LogP contribution in [-0.2, 0) is 17.1 Å². The Hall–Kier alpha value is -0.920. The lowest BCUT2D eigenvalue weighted by Gasteiger charge is -2.16. The number of hydrogen-bond donors (Lipinski definition) is 2. The summed E-state index contributed by atoms with van der Waals surface area (Å²) in [6.07, 6.45) is 2.80. The van der Waals surface area contributed by atoms with Gasteiger partial charge in [0.1, 0.15) is 0 Å². The average Bonchev–Trinajstić information content (AvgIpc) is 2.48. The van der Waals surface area contributed by atoms with Crippen molar-refractivity contribution in [3.8, 4) is 0 Å². The topological polar surface area (TPSA) is 84.2 Å². The van der Waals surface area contributed by atoms with E-state index >= 15 is 0 Å². The lowest BCUT2D eigenvalue weighted by Crippen LogP contribution is -2.38. The van der Waals surface area contributed by atoms with E-state index in [0.717, 1.165) is 0 Å². The van der Waals surface area contributed by atoms with E-state index in [1.807, 2.05) is 0 Å². The summed E-state index contributed by atoms with van der Waals surface area (Å²) in [4.78, 5) is 3.72. The molecule has 1 rings (SSSR count). The summed E-state index contributed by atoms with van der Waals surface area (Å²) < 4.78 is 27.0. The number of aryl methyl sites for hydroxylation is 1. The SMILES string of the molecule is Cn1cnc(S(=O)(=O)NCC(C)(C)O)c1. The maximum Gasteiger partial charge on any atom is 0.259 e. The van der Waals surface area contributed by atoms with Gasteiger partial charge in [-0.05, 0) is 13.8 Å². The third-order valence-corrected chi connectivity index (χ3v) is 2.94. The third kappa shape index (κ3) is 3.61. The predicted octanol–water partition coefficient (Wildman–Crippen LogP) is -0.531. The average molecular weight is 233 g/mol. The molecule has 0 atom stereocenters. The zero-order chi connectivity index (χ0) is 11.7. The molecule has 0 aromatic carbocycles. The molecule has 0 unspecified atom stereocenters. The highest BCUT2D eigenvalue weighted by atomic mass is 32.2. The molecule has 0 aliphatic heterocycles. The van der Waals surface area contributed by atoms with Crippen LogP contribution in [0.5, 0.6) is 0 Å². The summed E-state index contributed by atoms with van der Waals surface area (Å²) in [5.41, 5.74) is -1.08. The zero-order valence-electron chi connectivity index (χ0n) is 8.93. The molecule has 1 aromatic heterocycles. The van der Waals surface area contributed by atoms with Crippen molar-refractivity contribution < 1.29 is 13.5 Å². The van der Waals surface area contributed by atoms with Crippen LogP contribution in [0.4, 0.5) is 0 Å². The lowest BCUT2D eigenvalue weighted by molar-refractivity contribution is 0.0857. The smallest absolute Gasteiger partial charge is 0.259 e. The van der Waals surface area contributed by atoms with E-state index in [4.69, 9.17) is 0 Å². The minimum atomic E-state index is -3.61. The molecule has 0 saturated carbocycles. The van der Waals surface area contributed by atoms with Crippen LogP contribution in [0.1, 0.15) is 13.8 Å². The molecular formula is C8H15N3O3S. The number of aliphatic hydroxyl groups is 1. The number of hydrogen-bond acceptors (Lipinski definition) is 4. The summed E-state index contributed by atoms with van der Waals surface area (Å²) >= 11 is 0. The maximum absolute atomic E-state index is 11.6. The van der Waals surface area contributed by atoms with Gasteiger partial charge in [-0.1, -0.05) is 0 Å². The number of nitrogens with zero attached hydrogens (tertiary/aromatic N) is 2. The first-order valence-corrected chi connectivity index (χ1v) is 5.89. The largest absolute Gasteiger partial charge is 0.389 e. The normalized spacial score (nSPS) is 13.1.